The van der Waals surface area contributed by atoms with Crippen LogP contribution >= 0.6 is 0 Å². The van der Waals surface area contributed by atoms with Gasteiger partial charge in [-0.15, -0.1) is 0 Å². The predicted octanol–water partition coefficient (Wildman–Crippen LogP) is 2.88. The Labute approximate surface area is 62.6 Å². The van der Waals surface area contributed by atoms with Gasteiger partial charge in [0.25, 0.3) is 0 Å². The quantitative estimate of drug-likeness (QED) is 0.476. The van der Waals surface area contributed by atoms with E-state index in [9.17, 15) is 0 Å². The number of rotatable bonds is 0. The van der Waals surface area contributed by atoms with Gasteiger partial charge in [-0.2, -0.15) is 0 Å². The first kappa shape index (κ1) is 6.21. The second kappa shape index (κ2) is 2.26. The minimum atomic E-state index is 0.810. The topological polar surface area (TPSA) is 0 Å². The average Bonchev–Trinajstić information content (AvgIpc) is 2.33. The van der Waals surface area contributed by atoms with Crippen LogP contribution in [0.4, 0.5) is 0 Å². The lowest BCUT2D eigenvalue weighted by molar-refractivity contribution is 0.719. The normalized spacial score (nSPS) is 31.1. The molecule has 1 fully saturated rings. The molecule has 0 bridgehead atoms. The monoisotopic (exact) mass is 133 g/mol. The van der Waals surface area contributed by atoms with Crippen LogP contribution in [-0.4, -0.2) is 0 Å². The van der Waals surface area contributed by atoms with E-state index in [0.29, 0.717) is 0 Å². The maximum Gasteiger partial charge on any atom is -0.00657 e. The fourth-order valence-corrected chi connectivity index (χ4v) is 1.91. The Hall–Kier alpha value is -0.520. The maximum atomic E-state index is 2.41. The van der Waals surface area contributed by atoms with Crippen LogP contribution in [0.5, 0.6) is 0 Å². The molecule has 0 nitrogen and oxygen atoms in total. The Morgan fingerprint density at radius 2 is 2.30 bits per heavy atom. The third-order valence-corrected chi connectivity index (χ3v) is 2.48. The number of hydrogen-bond acceptors (Lipinski definition) is 0. The lowest BCUT2D eigenvalue weighted by Crippen LogP contribution is -2.01. The van der Waals surface area contributed by atoms with Crippen LogP contribution in [0, 0.1) is 12.3 Å². The molecule has 0 aromatic heterocycles. The Balaban J connectivity index is 2.22. The van der Waals surface area contributed by atoms with Crippen molar-refractivity contribution >= 4 is 0 Å². The molecule has 0 saturated heterocycles. The minimum Gasteiger partial charge on any atom is -0.0690 e. The van der Waals surface area contributed by atoms with E-state index >= 15 is 0 Å². The molecule has 1 unspecified atom stereocenters. The molecule has 2 aliphatic carbocycles. The van der Waals surface area contributed by atoms with Gasteiger partial charge in [0, 0.05) is 0 Å². The van der Waals surface area contributed by atoms with Gasteiger partial charge in [0.1, 0.15) is 0 Å². The van der Waals surface area contributed by atoms with Crippen molar-refractivity contribution in [3.8, 4) is 0 Å². The number of allylic oxidation sites excluding steroid dienone is 4. The highest BCUT2D eigenvalue weighted by Crippen LogP contribution is 2.37. The molecule has 1 saturated carbocycles. The SMILES string of the molecule is CC1=CC=C2CCCC2[CH]1. The summed E-state index contributed by atoms with van der Waals surface area (Å²) in [5.41, 5.74) is 3.10. The molecule has 0 amide bonds. The first-order valence-electron chi connectivity index (χ1n) is 4.08. The Kier molecular flexibility index (Phi) is 1.40. The summed E-state index contributed by atoms with van der Waals surface area (Å²) in [6.45, 7) is 2.19. The van der Waals surface area contributed by atoms with Crippen molar-refractivity contribution in [3.05, 3.63) is 29.7 Å². The second-order valence-electron chi connectivity index (χ2n) is 3.32. The molecule has 1 atom stereocenters. The first-order valence-corrected chi connectivity index (χ1v) is 4.08. The molecule has 0 aliphatic heterocycles. The lowest BCUT2D eigenvalue weighted by Gasteiger charge is -2.15. The van der Waals surface area contributed by atoms with Gasteiger partial charge in [-0.25, -0.2) is 0 Å². The van der Waals surface area contributed by atoms with E-state index in [2.05, 4.69) is 25.5 Å². The van der Waals surface area contributed by atoms with Crippen molar-refractivity contribution in [2.75, 3.05) is 0 Å². The molecule has 0 heterocycles. The van der Waals surface area contributed by atoms with Crippen LogP contribution in [0.3, 0.4) is 0 Å². The summed E-state index contributed by atoms with van der Waals surface area (Å²) in [5, 5.41) is 0. The van der Waals surface area contributed by atoms with Crippen LogP contribution in [0.2, 0.25) is 0 Å². The Morgan fingerprint density at radius 1 is 1.40 bits per heavy atom. The summed E-state index contributed by atoms with van der Waals surface area (Å²) in [4.78, 5) is 0. The fourth-order valence-electron chi connectivity index (χ4n) is 1.91. The van der Waals surface area contributed by atoms with E-state index in [1.165, 1.54) is 24.8 Å². The van der Waals surface area contributed by atoms with Crippen LogP contribution in [0.15, 0.2) is 23.3 Å². The summed E-state index contributed by atoms with van der Waals surface area (Å²) in [6.07, 6.45) is 11.1. The molecule has 1 radical (unpaired) electrons. The standard InChI is InChI=1S/C10H13/c1-8-5-6-9-3-2-4-10(9)7-8/h5-7,10H,2-4H2,1H3. The van der Waals surface area contributed by atoms with Gasteiger partial charge < -0.3 is 0 Å². The zero-order chi connectivity index (χ0) is 6.97. The van der Waals surface area contributed by atoms with E-state index < -0.39 is 0 Å². The van der Waals surface area contributed by atoms with Gasteiger partial charge >= 0.3 is 0 Å². The first-order chi connectivity index (χ1) is 4.86. The zero-order valence-electron chi connectivity index (χ0n) is 6.43. The molecule has 0 aromatic carbocycles. The Morgan fingerprint density at radius 3 is 3.20 bits per heavy atom. The highest BCUT2D eigenvalue weighted by molar-refractivity contribution is 5.34. The summed E-state index contributed by atoms with van der Waals surface area (Å²) in [7, 11) is 0. The summed E-state index contributed by atoms with van der Waals surface area (Å²) >= 11 is 0. The molecule has 2 aliphatic rings. The lowest BCUT2D eigenvalue weighted by atomic mass is 9.90. The van der Waals surface area contributed by atoms with Crippen LogP contribution in [0.25, 0.3) is 0 Å². The number of hydrogen-bond donors (Lipinski definition) is 0. The molecule has 53 valence electrons. The zero-order valence-corrected chi connectivity index (χ0v) is 6.43. The molecule has 0 heteroatoms. The largest absolute Gasteiger partial charge is 0.0690 e. The average molecular weight is 133 g/mol. The van der Waals surface area contributed by atoms with Crippen molar-refractivity contribution in [2.24, 2.45) is 5.92 Å². The van der Waals surface area contributed by atoms with Crippen molar-refractivity contribution < 1.29 is 0 Å². The molecule has 0 N–H and O–H groups in total. The van der Waals surface area contributed by atoms with E-state index in [1.807, 2.05) is 0 Å². The molecule has 10 heavy (non-hydrogen) atoms. The van der Waals surface area contributed by atoms with Gasteiger partial charge in [-0.3, -0.25) is 0 Å². The van der Waals surface area contributed by atoms with Crippen LogP contribution in [0.1, 0.15) is 26.2 Å². The smallest absolute Gasteiger partial charge is 0.00657 e. The van der Waals surface area contributed by atoms with Crippen LogP contribution in [-0.2, 0) is 0 Å². The third-order valence-electron chi connectivity index (χ3n) is 2.48. The number of fused-ring (bicyclic) bond motifs is 1. The van der Waals surface area contributed by atoms with E-state index in [0.717, 1.165) is 5.92 Å². The predicted molar refractivity (Wildman–Crippen MR) is 43.5 cm³/mol. The highest BCUT2D eigenvalue weighted by Gasteiger charge is 2.22. The van der Waals surface area contributed by atoms with Gasteiger partial charge in [-0.1, -0.05) is 23.3 Å². The van der Waals surface area contributed by atoms with Gasteiger partial charge in [0.05, 0.1) is 0 Å². The summed E-state index contributed by atoms with van der Waals surface area (Å²) in [6, 6.07) is 0. The van der Waals surface area contributed by atoms with Crippen molar-refractivity contribution in [3.63, 3.8) is 0 Å². The highest BCUT2D eigenvalue weighted by atomic mass is 14.3. The van der Waals surface area contributed by atoms with E-state index in [-0.39, 0.29) is 0 Å². The molecule has 0 aromatic rings. The fraction of sp³-hybridized carbons (Fsp3) is 0.500. The summed E-state index contributed by atoms with van der Waals surface area (Å²) < 4.78 is 0. The minimum absolute atomic E-state index is 0.810. The van der Waals surface area contributed by atoms with Gasteiger partial charge in [-0.05, 0) is 38.5 Å². The molecule has 2 rings (SSSR count). The second-order valence-corrected chi connectivity index (χ2v) is 3.32. The van der Waals surface area contributed by atoms with Gasteiger partial charge in [0.2, 0.25) is 0 Å². The molecular formula is C10H13. The maximum absolute atomic E-state index is 2.41. The third kappa shape index (κ3) is 0.920. The van der Waals surface area contributed by atoms with Crippen LogP contribution < -0.4 is 0 Å². The Bertz CT molecular complexity index is 196. The van der Waals surface area contributed by atoms with E-state index in [1.54, 1.807) is 5.57 Å². The molecule has 0 spiro atoms. The summed E-state index contributed by atoms with van der Waals surface area (Å²) in [5.74, 6) is 0.810. The molecular weight excluding hydrogens is 120 g/mol. The van der Waals surface area contributed by atoms with E-state index in [4.69, 9.17) is 0 Å². The van der Waals surface area contributed by atoms with Gasteiger partial charge in [0.15, 0.2) is 0 Å². The van der Waals surface area contributed by atoms with Crippen molar-refractivity contribution in [2.45, 2.75) is 26.2 Å². The van der Waals surface area contributed by atoms with Crippen molar-refractivity contribution in [1.29, 1.82) is 0 Å². The van der Waals surface area contributed by atoms with Crippen molar-refractivity contribution in [1.82, 2.24) is 0 Å².